The number of hydrogen-bond acceptors (Lipinski definition) is 5. The number of anilines is 2. The van der Waals surface area contributed by atoms with Gasteiger partial charge in [0.05, 0.1) is 11.3 Å². The minimum atomic E-state index is -4.87. The van der Waals surface area contributed by atoms with Crippen molar-refractivity contribution in [2.45, 2.75) is 6.18 Å². The van der Waals surface area contributed by atoms with E-state index in [-0.39, 0.29) is 5.69 Å². The van der Waals surface area contributed by atoms with Crippen molar-refractivity contribution in [1.29, 1.82) is 0 Å². The van der Waals surface area contributed by atoms with Crippen molar-refractivity contribution in [1.82, 2.24) is 0 Å². The number of nitrogens with one attached hydrogen (secondary N) is 1. The maximum atomic E-state index is 13.2. The molecule has 0 unspecified atom stereocenters. The van der Waals surface area contributed by atoms with Crippen molar-refractivity contribution in [3.05, 3.63) is 53.8 Å². The van der Waals surface area contributed by atoms with Crippen LogP contribution in [-0.4, -0.2) is 18.9 Å². The van der Waals surface area contributed by atoms with Gasteiger partial charge in [0.15, 0.2) is 6.61 Å². The molecule has 2 rings (SSSR count). The molecule has 11 heteroatoms. The number of carbonyl (C=O) groups is 1. The van der Waals surface area contributed by atoms with Gasteiger partial charge in [-0.2, -0.15) is 18.3 Å². The molecular formula is C16H15F4N5O2. The summed E-state index contributed by atoms with van der Waals surface area (Å²) < 4.78 is 56.5. The van der Waals surface area contributed by atoms with Crippen LogP contribution >= 0.6 is 0 Å². The Balaban J connectivity index is 1.95. The first-order valence-electron chi connectivity index (χ1n) is 7.37. The molecule has 1 amide bonds. The summed E-state index contributed by atoms with van der Waals surface area (Å²) in [6.07, 6.45) is -3.68. The molecule has 0 aliphatic heterocycles. The molecule has 0 aliphatic rings. The lowest BCUT2D eigenvalue weighted by Gasteiger charge is -2.13. The van der Waals surface area contributed by atoms with Gasteiger partial charge in [0, 0.05) is 5.69 Å². The Morgan fingerprint density at radius 3 is 2.48 bits per heavy atom. The zero-order chi connectivity index (χ0) is 20.0. The van der Waals surface area contributed by atoms with Gasteiger partial charge in [0.1, 0.15) is 17.9 Å². The van der Waals surface area contributed by atoms with Gasteiger partial charge < -0.3 is 15.9 Å². The Morgan fingerprint density at radius 1 is 1.22 bits per heavy atom. The highest BCUT2D eigenvalue weighted by Gasteiger charge is 2.34. The summed E-state index contributed by atoms with van der Waals surface area (Å²) in [5.41, 5.74) is -1.12. The van der Waals surface area contributed by atoms with E-state index in [4.69, 9.17) is 16.4 Å². The van der Waals surface area contributed by atoms with Crippen molar-refractivity contribution < 1.29 is 27.1 Å². The molecule has 0 saturated heterocycles. The van der Waals surface area contributed by atoms with E-state index in [9.17, 15) is 22.4 Å². The fraction of sp³-hybridized carbons (Fsp3) is 0.125. The highest BCUT2D eigenvalue weighted by atomic mass is 19.4. The predicted octanol–water partition coefficient (Wildman–Crippen LogP) is 2.44. The number of hydrazine groups is 1. The number of alkyl halides is 3. The molecule has 7 nitrogen and oxygen atoms in total. The molecule has 0 radical (unpaired) electrons. The van der Waals surface area contributed by atoms with Crippen LogP contribution < -0.4 is 26.7 Å². The first kappa shape index (κ1) is 20.0. The molecule has 2 aromatic carbocycles. The maximum absolute atomic E-state index is 13.2. The van der Waals surface area contributed by atoms with E-state index in [1.807, 2.05) is 0 Å². The molecule has 27 heavy (non-hydrogen) atoms. The molecule has 144 valence electrons. The Hall–Kier alpha value is -3.34. The molecule has 0 spiro atoms. The molecule has 0 aromatic heterocycles. The van der Waals surface area contributed by atoms with Crippen LogP contribution in [0.3, 0.4) is 0 Å². The van der Waals surface area contributed by atoms with Crippen LogP contribution in [0.1, 0.15) is 5.56 Å². The number of amides is 1. The fourth-order valence-corrected chi connectivity index (χ4v) is 2.02. The first-order chi connectivity index (χ1) is 12.7. The Bertz CT molecular complexity index is 825. The number of halogens is 4. The minimum Gasteiger partial charge on any atom is -0.484 e. The summed E-state index contributed by atoms with van der Waals surface area (Å²) in [6, 6.07) is 8.35. The molecule has 0 saturated carbocycles. The van der Waals surface area contributed by atoms with Gasteiger partial charge in [0.25, 0.3) is 5.91 Å². The SMILES string of the molecule is N/N=C\N(N)c1ccc(OCC(=O)Nc2ccc(F)c(C(F)(F)F)c2)cc1. The number of rotatable bonds is 6. The van der Waals surface area contributed by atoms with E-state index in [2.05, 4.69) is 10.4 Å². The van der Waals surface area contributed by atoms with E-state index >= 15 is 0 Å². The average molecular weight is 385 g/mol. The summed E-state index contributed by atoms with van der Waals surface area (Å²) in [7, 11) is 0. The zero-order valence-corrected chi connectivity index (χ0v) is 13.7. The van der Waals surface area contributed by atoms with Crippen LogP contribution in [0.25, 0.3) is 0 Å². The summed E-state index contributed by atoms with van der Waals surface area (Å²) in [5.74, 6) is 8.77. The van der Waals surface area contributed by atoms with Gasteiger partial charge >= 0.3 is 6.18 Å². The molecule has 0 bridgehead atoms. The molecule has 5 N–H and O–H groups in total. The topological polar surface area (TPSA) is 106 Å². The van der Waals surface area contributed by atoms with E-state index in [0.717, 1.165) is 11.1 Å². The van der Waals surface area contributed by atoms with E-state index in [1.165, 1.54) is 18.5 Å². The van der Waals surface area contributed by atoms with Gasteiger partial charge in [0.2, 0.25) is 0 Å². The second kappa shape index (κ2) is 8.36. The van der Waals surface area contributed by atoms with Crippen molar-refractivity contribution >= 4 is 23.6 Å². The van der Waals surface area contributed by atoms with Crippen LogP contribution in [0, 0.1) is 5.82 Å². The van der Waals surface area contributed by atoms with Crippen LogP contribution in [-0.2, 0) is 11.0 Å². The minimum absolute atomic E-state index is 0.201. The van der Waals surface area contributed by atoms with Crippen molar-refractivity contribution in [2.75, 3.05) is 16.9 Å². The average Bonchev–Trinajstić information content (AvgIpc) is 2.61. The Kier molecular flexibility index (Phi) is 6.19. The lowest BCUT2D eigenvalue weighted by atomic mass is 10.2. The quantitative estimate of drug-likeness (QED) is 0.233. The van der Waals surface area contributed by atoms with Gasteiger partial charge in [-0.3, -0.25) is 9.80 Å². The number of carbonyl (C=O) groups excluding carboxylic acids is 1. The maximum Gasteiger partial charge on any atom is 0.419 e. The largest absolute Gasteiger partial charge is 0.484 e. The molecule has 0 atom stereocenters. The molecule has 2 aromatic rings. The molecular weight excluding hydrogens is 370 g/mol. The van der Waals surface area contributed by atoms with Crippen LogP contribution in [0.15, 0.2) is 47.6 Å². The molecule has 0 heterocycles. The smallest absolute Gasteiger partial charge is 0.419 e. The van der Waals surface area contributed by atoms with Gasteiger partial charge in [-0.25, -0.2) is 10.2 Å². The lowest BCUT2D eigenvalue weighted by Crippen LogP contribution is -2.29. The normalized spacial score (nSPS) is 11.4. The van der Waals surface area contributed by atoms with E-state index < -0.39 is 30.1 Å². The lowest BCUT2D eigenvalue weighted by molar-refractivity contribution is -0.140. The highest BCUT2D eigenvalue weighted by Crippen LogP contribution is 2.33. The summed E-state index contributed by atoms with van der Waals surface area (Å²) >= 11 is 0. The Morgan fingerprint density at radius 2 is 1.89 bits per heavy atom. The van der Waals surface area contributed by atoms with Crippen LogP contribution in [0.4, 0.5) is 28.9 Å². The second-order valence-electron chi connectivity index (χ2n) is 5.19. The van der Waals surface area contributed by atoms with Gasteiger partial charge in [-0.1, -0.05) is 0 Å². The Labute approximate surface area is 151 Å². The third-order valence-corrected chi connectivity index (χ3v) is 3.25. The zero-order valence-electron chi connectivity index (χ0n) is 13.7. The third-order valence-electron chi connectivity index (χ3n) is 3.25. The monoisotopic (exact) mass is 385 g/mol. The number of nitrogens with two attached hydrogens (primary N) is 2. The summed E-state index contributed by atoms with van der Waals surface area (Å²) in [6.45, 7) is -0.464. The first-order valence-corrected chi connectivity index (χ1v) is 7.37. The highest BCUT2D eigenvalue weighted by molar-refractivity contribution is 5.92. The third kappa shape index (κ3) is 5.57. The summed E-state index contributed by atoms with van der Waals surface area (Å²) in [5, 5.41) is 6.62. The fourth-order valence-electron chi connectivity index (χ4n) is 2.02. The van der Waals surface area contributed by atoms with Crippen molar-refractivity contribution in [3.63, 3.8) is 0 Å². The molecule has 0 fully saturated rings. The van der Waals surface area contributed by atoms with Gasteiger partial charge in [-0.15, -0.1) is 0 Å². The van der Waals surface area contributed by atoms with Gasteiger partial charge in [-0.05, 0) is 42.5 Å². The predicted molar refractivity (Wildman–Crippen MR) is 91.3 cm³/mol. The second-order valence-corrected chi connectivity index (χ2v) is 5.19. The number of ether oxygens (including phenoxy) is 1. The molecule has 0 aliphatic carbocycles. The van der Waals surface area contributed by atoms with Crippen LogP contribution in [0.5, 0.6) is 5.75 Å². The van der Waals surface area contributed by atoms with Crippen molar-refractivity contribution in [3.8, 4) is 5.75 Å². The number of nitrogens with zero attached hydrogens (tertiary/aromatic N) is 2. The standard InChI is InChI=1S/C16H15F4N5O2/c17-14-6-1-10(7-13(14)16(18,19)20)24-15(26)8-27-12-4-2-11(3-5-12)25(22)9-23-21/h1-7,9H,8,21-22H2,(H,24,26)/b23-9-. The summed E-state index contributed by atoms with van der Waals surface area (Å²) in [4.78, 5) is 11.8. The van der Waals surface area contributed by atoms with Crippen molar-refractivity contribution in [2.24, 2.45) is 16.8 Å². The number of hydrazone groups is 1. The van der Waals surface area contributed by atoms with Crippen LogP contribution in [0.2, 0.25) is 0 Å². The van der Waals surface area contributed by atoms with E-state index in [1.54, 1.807) is 12.1 Å². The number of benzene rings is 2. The number of hydrogen-bond donors (Lipinski definition) is 3. The van der Waals surface area contributed by atoms with E-state index in [0.29, 0.717) is 23.6 Å².